The predicted molar refractivity (Wildman–Crippen MR) is 311 cm³/mol. The lowest BCUT2D eigenvalue weighted by atomic mass is 10.1. The van der Waals surface area contributed by atoms with Gasteiger partial charge in [-0.25, -0.2) is 4.57 Å². The molecular formula is C63H102NO8P. The summed E-state index contributed by atoms with van der Waals surface area (Å²) >= 11 is 0. The van der Waals surface area contributed by atoms with Crippen LogP contribution in [0.5, 0.6) is 0 Å². The summed E-state index contributed by atoms with van der Waals surface area (Å²) in [4.78, 5) is 35.0. The van der Waals surface area contributed by atoms with E-state index in [2.05, 4.69) is 160 Å². The van der Waals surface area contributed by atoms with Crippen molar-refractivity contribution in [3.05, 3.63) is 146 Å². The maximum absolute atomic E-state index is 12.7. The number of hydrogen-bond donors (Lipinski definition) is 2. The van der Waals surface area contributed by atoms with Crippen molar-refractivity contribution in [2.24, 2.45) is 5.73 Å². The molecule has 412 valence electrons. The first kappa shape index (κ1) is 68.9. The zero-order valence-electron chi connectivity index (χ0n) is 45.8. The zero-order valence-corrected chi connectivity index (χ0v) is 46.7. The molecule has 0 bridgehead atoms. The average Bonchev–Trinajstić information content (AvgIpc) is 3.38. The maximum atomic E-state index is 12.7. The Morgan fingerprint density at radius 1 is 0.425 bits per heavy atom. The highest BCUT2D eigenvalue weighted by molar-refractivity contribution is 7.47. The third-order valence-corrected chi connectivity index (χ3v) is 12.2. The lowest BCUT2D eigenvalue weighted by Gasteiger charge is -2.19. The van der Waals surface area contributed by atoms with Crippen molar-refractivity contribution in [2.45, 2.75) is 213 Å². The summed E-state index contributed by atoms with van der Waals surface area (Å²) in [5.41, 5.74) is 5.37. The van der Waals surface area contributed by atoms with Crippen molar-refractivity contribution in [1.29, 1.82) is 0 Å². The Labute approximate surface area is 446 Å². The SMILES string of the molecule is CC/C=C\C/C=C\C/C=C\C/C=C\C/C=C\C/C=C\C/C=C\C/C=C\C/C=C\C/C=C\CCCCCCCCCCC(=O)OC(COC(=O)CCCCCCC/C=C\C/C=C\CCC)COP(=O)(O)OCCN. The van der Waals surface area contributed by atoms with Gasteiger partial charge in [0, 0.05) is 19.4 Å². The van der Waals surface area contributed by atoms with Crippen LogP contribution in [0.15, 0.2) is 146 Å². The van der Waals surface area contributed by atoms with Gasteiger partial charge in [-0.05, 0) is 116 Å². The molecule has 2 atom stereocenters. The molecule has 0 saturated carbocycles. The monoisotopic (exact) mass is 1030 g/mol. The van der Waals surface area contributed by atoms with Gasteiger partial charge < -0.3 is 20.1 Å². The summed E-state index contributed by atoms with van der Waals surface area (Å²) in [6.07, 6.45) is 81.9. The molecule has 0 aliphatic carbocycles. The molecule has 0 saturated heterocycles. The van der Waals surface area contributed by atoms with Crippen LogP contribution in [0.25, 0.3) is 0 Å². The highest BCUT2D eigenvalue weighted by Gasteiger charge is 2.26. The van der Waals surface area contributed by atoms with Crippen LogP contribution in [0.2, 0.25) is 0 Å². The summed E-state index contributed by atoms with van der Waals surface area (Å²) < 4.78 is 32.9. The van der Waals surface area contributed by atoms with Crippen LogP contribution < -0.4 is 5.73 Å². The summed E-state index contributed by atoms with van der Waals surface area (Å²) in [7, 11) is -4.40. The van der Waals surface area contributed by atoms with Crippen LogP contribution in [0, 0.1) is 0 Å². The third-order valence-electron chi connectivity index (χ3n) is 11.2. The first-order valence-electron chi connectivity index (χ1n) is 28.3. The number of carbonyl (C=O) groups excluding carboxylic acids is 2. The molecule has 0 aromatic heterocycles. The van der Waals surface area contributed by atoms with E-state index in [-0.39, 0.29) is 32.6 Å². The fourth-order valence-electron chi connectivity index (χ4n) is 7.05. The lowest BCUT2D eigenvalue weighted by molar-refractivity contribution is -0.161. The van der Waals surface area contributed by atoms with Crippen molar-refractivity contribution in [3.63, 3.8) is 0 Å². The van der Waals surface area contributed by atoms with E-state index in [1.807, 2.05) is 0 Å². The van der Waals surface area contributed by atoms with Gasteiger partial charge in [-0.2, -0.15) is 0 Å². The van der Waals surface area contributed by atoms with E-state index >= 15 is 0 Å². The van der Waals surface area contributed by atoms with Crippen molar-refractivity contribution in [2.75, 3.05) is 26.4 Å². The Morgan fingerprint density at radius 3 is 1.12 bits per heavy atom. The molecule has 0 aliphatic rings. The number of hydrogen-bond acceptors (Lipinski definition) is 8. The molecule has 0 spiro atoms. The van der Waals surface area contributed by atoms with E-state index in [9.17, 15) is 19.0 Å². The number of carbonyl (C=O) groups is 2. The fourth-order valence-corrected chi connectivity index (χ4v) is 7.82. The molecule has 0 aromatic carbocycles. The molecule has 0 aromatic rings. The summed E-state index contributed by atoms with van der Waals surface area (Å²) in [6.45, 7) is 3.51. The zero-order chi connectivity index (χ0) is 53.1. The lowest BCUT2D eigenvalue weighted by Crippen LogP contribution is -2.29. The second kappa shape index (κ2) is 57.2. The number of nitrogens with two attached hydrogens (primary N) is 1. The number of allylic oxidation sites excluding steroid dienone is 24. The van der Waals surface area contributed by atoms with Gasteiger partial charge in [0.25, 0.3) is 0 Å². The minimum atomic E-state index is -4.40. The Balaban J connectivity index is 4.00. The molecular weight excluding hydrogens is 930 g/mol. The van der Waals surface area contributed by atoms with Gasteiger partial charge in [0.2, 0.25) is 0 Å². The second-order valence-electron chi connectivity index (χ2n) is 18.1. The quantitative estimate of drug-likeness (QED) is 0.0264. The fraction of sp³-hybridized carbons (Fsp3) is 0.587. The van der Waals surface area contributed by atoms with Crippen molar-refractivity contribution < 1.29 is 37.6 Å². The Bertz CT molecular complexity index is 1700. The molecule has 0 amide bonds. The van der Waals surface area contributed by atoms with Crippen LogP contribution in [0.3, 0.4) is 0 Å². The minimum absolute atomic E-state index is 0.0426. The van der Waals surface area contributed by atoms with Gasteiger partial charge in [-0.1, -0.05) is 224 Å². The maximum Gasteiger partial charge on any atom is 0.472 e. The number of phosphoric acid groups is 1. The number of esters is 2. The molecule has 0 heterocycles. The first-order valence-corrected chi connectivity index (χ1v) is 29.8. The highest BCUT2D eigenvalue weighted by Crippen LogP contribution is 2.43. The van der Waals surface area contributed by atoms with Gasteiger partial charge in [-0.15, -0.1) is 0 Å². The minimum Gasteiger partial charge on any atom is -0.462 e. The van der Waals surface area contributed by atoms with Crippen LogP contribution in [-0.2, 0) is 32.7 Å². The van der Waals surface area contributed by atoms with E-state index in [0.29, 0.717) is 12.8 Å². The van der Waals surface area contributed by atoms with Crippen molar-refractivity contribution in [3.8, 4) is 0 Å². The third kappa shape index (κ3) is 57.0. The van der Waals surface area contributed by atoms with Gasteiger partial charge >= 0.3 is 19.8 Å². The standard InChI is InChI=1S/C63H102NO8P/c1-3-5-7-9-11-13-15-17-18-19-20-21-22-23-24-25-26-27-28-29-30-31-32-33-34-35-36-37-38-39-40-41-42-44-46-48-50-52-54-56-63(66)72-61(60-71-73(67,68)70-58-57-64)59-69-62(65)55-53-51-49-47-45-43-16-14-12-10-8-6-4-2/h5,7-8,10-11,13-14,16-18,20-21,23-24,26-27,29-30,32-33,35-36,38-39,61H,3-4,6,9,12,15,19,22,25,28,31,34,37,40-60,64H2,1-2H3,(H,67,68)/b7-5-,10-8-,13-11-,16-14-,18-17-,21-20-,24-23-,27-26-,30-29-,33-32-,36-35-,39-38-. The number of unbranched alkanes of at least 4 members (excludes halogenated alkanes) is 14. The smallest absolute Gasteiger partial charge is 0.462 e. The molecule has 0 fully saturated rings. The van der Waals surface area contributed by atoms with E-state index in [1.54, 1.807) is 0 Å². The largest absolute Gasteiger partial charge is 0.472 e. The van der Waals surface area contributed by atoms with Crippen molar-refractivity contribution >= 4 is 19.8 Å². The van der Waals surface area contributed by atoms with Gasteiger partial charge in [0.05, 0.1) is 13.2 Å². The number of ether oxygens (including phenoxy) is 2. The van der Waals surface area contributed by atoms with Crippen LogP contribution in [0.4, 0.5) is 0 Å². The van der Waals surface area contributed by atoms with Gasteiger partial charge in [0.1, 0.15) is 6.61 Å². The molecule has 9 nitrogen and oxygen atoms in total. The van der Waals surface area contributed by atoms with Crippen LogP contribution >= 0.6 is 7.82 Å². The second-order valence-corrected chi connectivity index (χ2v) is 19.5. The molecule has 0 rings (SSSR count). The highest BCUT2D eigenvalue weighted by atomic mass is 31.2. The summed E-state index contributed by atoms with van der Waals surface area (Å²) in [5.74, 6) is -0.866. The Kier molecular flexibility index (Phi) is 54.0. The Morgan fingerprint density at radius 2 is 0.753 bits per heavy atom. The Hall–Kier alpha value is -4.11. The first-order chi connectivity index (χ1) is 35.8. The van der Waals surface area contributed by atoms with Crippen LogP contribution in [-0.4, -0.2) is 49.3 Å². The molecule has 73 heavy (non-hydrogen) atoms. The molecule has 0 radical (unpaired) electrons. The molecule has 10 heteroatoms. The van der Waals surface area contributed by atoms with Gasteiger partial charge in [-0.3, -0.25) is 18.6 Å². The number of phosphoric ester groups is 1. The molecule has 3 N–H and O–H groups in total. The van der Waals surface area contributed by atoms with E-state index in [4.69, 9.17) is 24.3 Å². The molecule has 2 unspecified atom stereocenters. The van der Waals surface area contributed by atoms with Crippen LogP contribution in [0.1, 0.15) is 206 Å². The van der Waals surface area contributed by atoms with E-state index in [0.717, 1.165) is 135 Å². The average molecular weight is 1030 g/mol. The van der Waals surface area contributed by atoms with E-state index in [1.165, 1.54) is 32.1 Å². The normalized spacial score (nSPS) is 14.2. The summed E-state index contributed by atoms with van der Waals surface area (Å²) in [6, 6.07) is 0. The van der Waals surface area contributed by atoms with Gasteiger partial charge in [0.15, 0.2) is 6.10 Å². The molecule has 0 aliphatic heterocycles. The van der Waals surface area contributed by atoms with Crippen molar-refractivity contribution in [1.82, 2.24) is 0 Å². The number of rotatable bonds is 51. The topological polar surface area (TPSA) is 134 Å². The summed E-state index contributed by atoms with van der Waals surface area (Å²) in [5, 5.41) is 0. The van der Waals surface area contributed by atoms with E-state index < -0.39 is 32.5 Å². The predicted octanol–water partition coefficient (Wildman–Crippen LogP) is 18.0.